The molecule has 2 amide bonds. The van der Waals surface area contributed by atoms with E-state index in [1.54, 1.807) is 29.2 Å². The lowest BCUT2D eigenvalue weighted by atomic mass is 10.1. The summed E-state index contributed by atoms with van der Waals surface area (Å²) in [6, 6.07) is 14.5. The Bertz CT molecular complexity index is 1150. The summed E-state index contributed by atoms with van der Waals surface area (Å²) in [5.74, 6) is 0.476. The lowest BCUT2D eigenvalue weighted by molar-refractivity contribution is -0.128. The van der Waals surface area contributed by atoms with Gasteiger partial charge in [0.15, 0.2) is 0 Å². The number of amides is 2. The molecule has 30 heavy (non-hydrogen) atoms. The first-order chi connectivity index (χ1) is 14.5. The van der Waals surface area contributed by atoms with Crippen LogP contribution in [0.1, 0.15) is 41.5 Å². The second kappa shape index (κ2) is 8.49. The fraction of sp³-hybridized carbons (Fsp3) is 0.304. The number of hydrogen-bond acceptors (Lipinski definition) is 4. The van der Waals surface area contributed by atoms with Gasteiger partial charge in [-0.2, -0.15) is 0 Å². The molecule has 7 heteroatoms. The van der Waals surface area contributed by atoms with Crippen molar-refractivity contribution in [2.45, 2.75) is 32.9 Å². The Morgan fingerprint density at radius 2 is 2.00 bits per heavy atom. The van der Waals surface area contributed by atoms with E-state index < -0.39 is 0 Å². The van der Waals surface area contributed by atoms with Gasteiger partial charge < -0.3 is 14.8 Å². The van der Waals surface area contributed by atoms with Crippen LogP contribution in [0.5, 0.6) is 0 Å². The maximum Gasteiger partial charge on any atom is 0.258 e. The predicted octanol–water partition coefficient (Wildman–Crippen LogP) is 2.71. The van der Waals surface area contributed by atoms with Crippen LogP contribution in [0.25, 0.3) is 10.9 Å². The van der Waals surface area contributed by atoms with Crippen LogP contribution in [0.4, 0.5) is 0 Å². The van der Waals surface area contributed by atoms with Gasteiger partial charge in [-0.25, -0.2) is 4.98 Å². The number of fused-ring (bicyclic) bond motifs is 1. The number of nitrogens with zero attached hydrogens (tertiary/aromatic N) is 3. The molecule has 0 radical (unpaired) electrons. The number of carbonyl (C=O) groups is 2. The molecule has 1 N–H and O–H groups in total. The Morgan fingerprint density at radius 1 is 1.17 bits per heavy atom. The Hall–Kier alpha value is -3.48. The van der Waals surface area contributed by atoms with E-state index in [-0.39, 0.29) is 23.9 Å². The number of benzene rings is 2. The lowest BCUT2D eigenvalue weighted by Gasteiger charge is -2.21. The molecule has 2 heterocycles. The molecule has 0 atom stereocenters. The number of likely N-dealkylation sites (tertiary alicyclic amines) is 1. The third-order valence-corrected chi connectivity index (χ3v) is 5.39. The molecule has 0 saturated carbocycles. The van der Waals surface area contributed by atoms with E-state index in [4.69, 9.17) is 0 Å². The third-order valence-electron chi connectivity index (χ3n) is 5.39. The fourth-order valence-corrected chi connectivity index (χ4v) is 3.79. The fourth-order valence-electron chi connectivity index (χ4n) is 3.79. The summed E-state index contributed by atoms with van der Waals surface area (Å²) in [6.07, 6.45) is 1.48. The molecule has 2 aromatic carbocycles. The Balaban J connectivity index is 1.53. The van der Waals surface area contributed by atoms with Gasteiger partial charge in [-0.05, 0) is 43.2 Å². The SMILES string of the molecule is CCN(Cc1nc2ccccc2c(=O)[nH]1)C(=O)c1cccc(CN2CCCC2=O)c1. The van der Waals surface area contributed by atoms with E-state index >= 15 is 0 Å². The first-order valence-corrected chi connectivity index (χ1v) is 10.2. The summed E-state index contributed by atoms with van der Waals surface area (Å²) in [5, 5.41) is 0.528. The molecule has 0 unspecified atom stereocenters. The van der Waals surface area contributed by atoms with Crippen LogP contribution in [0.2, 0.25) is 0 Å². The van der Waals surface area contributed by atoms with E-state index in [2.05, 4.69) is 9.97 Å². The number of aromatic amines is 1. The number of rotatable bonds is 6. The van der Waals surface area contributed by atoms with Crippen molar-refractivity contribution >= 4 is 22.7 Å². The van der Waals surface area contributed by atoms with Gasteiger partial charge in [0.25, 0.3) is 11.5 Å². The molecule has 3 aromatic rings. The second-order valence-electron chi connectivity index (χ2n) is 7.47. The van der Waals surface area contributed by atoms with Gasteiger partial charge in [0.05, 0.1) is 17.4 Å². The molecule has 1 aromatic heterocycles. The van der Waals surface area contributed by atoms with Crippen LogP contribution in [-0.2, 0) is 17.9 Å². The van der Waals surface area contributed by atoms with Gasteiger partial charge in [-0.1, -0.05) is 24.3 Å². The molecule has 1 aliphatic heterocycles. The molecular weight excluding hydrogens is 380 g/mol. The van der Waals surface area contributed by atoms with E-state index in [1.807, 2.05) is 36.1 Å². The van der Waals surface area contributed by atoms with Crippen molar-refractivity contribution in [2.24, 2.45) is 0 Å². The molecule has 1 saturated heterocycles. The molecule has 1 aliphatic rings. The zero-order chi connectivity index (χ0) is 21.1. The normalized spacial score (nSPS) is 13.8. The minimum absolute atomic E-state index is 0.136. The zero-order valence-electron chi connectivity index (χ0n) is 16.9. The maximum atomic E-state index is 13.1. The molecule has 0 spiro atoms. The second-order valence-corrected chi connectivity index (χ2v) is 7.47. The van der Waals surface area contributed by atoms with Crippen LogP contribution in [0.15, 0.2) is 53.3 Å². The van der Waals surface area contributed by atoms with Gasteiger partial charge in [0.1, 0.15) is 5.82 Å². The lowest BCUT2D eigenvalue weighted by Crippen LogP contribution is -2.32. The summed E-state index contributed by atoms with van der Waals surface area (Å²) < 4.78 is 0. The Morgan fingerprint density at radius 3 is 2.77 bits per heavy atom. The third kappa shape index (κ3) is 4.10. The Kier molecular flexibility index (Phi) is 5.61. The number of para-hydroxylation sites is 1. The van der Waals surface area contributed by atoms with E-state index in [9.17, 15) is 14.4 Å². The highest BCUT2D eigenvalue weighted by molar-refractivity contribution is 5.94. The molecule has 4 rings (SSSR count). The summed E-state index contributed by atoms with van der Waals surface area (Å²) in [5.41, 5.74) is 1.89. The van der Waals surface area contributed by atoms with Crippen LogP contribution >= 0.6 is 0 Å². The summed E-state index contributed by atoms with van der Waals surface area (Å²) in [7, 11) is 0. The number of carbonyl (C=O) groups excluding carboxylic acids is 2. The molecule has 0 bridgehead atoms. The van der Waals surface area contributed by atoms with Crippen molar-refractivity contribution < 1.29 is 9.59 Å². The molecule has 0 aliphatic carbocycles. The number of H-pyrrole nitrogens is 1. The van der Waals surface area contributed by atoms with Gasteiger partial charge in [0, 0.05) is 31.6 Å². The van der Waals surface area contributed by atoms with Crippen molar-refractivity contribution in [3.8, 4) is 0 Å². The van der Waals surface area contributed by atoms with Crippen molar-refractivity contribution in [1.29, 1.82) is 0 Å². The first kappa shape index (κ1) is 19.8. The van der Waals surface area contributed by atoms with Crippen LogP contribution < -0.4 is 5.56 Å². The van der Waals surface area contributed by atoms with Gasteiger partial charge in [-0.15, -0.1) is 0 Å². The average molecular weight is 404 g/mol. The van der Waals surface area contributed by atoms with Crippen LogP contribution in [-0.4, -0.2) is 44.7 Å². The Labute approximate surface area is 174 Å². The quantitative estimate of drug-likeness (QED) is 0.684. The smallest absolute Gasteiger partial charge is 0.258 e. The molecule has 154 valence electrons. The number of hydrogen-bond donors (Lipinski definition) is 1. The zero-order valence-corrected chi connectivity index (χ0v) is 16.9. The van der Waals surface area contributed by atoms with Crippen LogP contribution in [0, 0.1) is 0 Å². The van der Waals surface area contributed by atoms with Crippen molar-refractivity contribution in [1.82, 2.24) is 19.8 Å². The van der Waals surface area contributed by atoms with Gasteiger partial charge >= 0.3 is 0 Å². The van der Waals surface area contributed by atoms with E-state index in [0.29, 0.717) is 41.8 Å². The van der Waals surface area contributed by atoms with Crippen molar-refractivity contribution in [2.75, 3.05) is 13.1 Å². The van der Waals surface area contributed by atoms with Crippen LogP contribution in [0.3, 0.4) is 0 Å². The topological polar surface area (TPSA) is 86.4 Å². The minimum atomic E-state index is -0.212. The highest BCUT2D eigenvalue weighted by Gasteiger charge is 2.21. The monoisotopic (exact) mass is 404 g/mol. The van der Waals surface area contributed by atoms with E-state index in [1.165, 1.54) is 0 Å². The molecular formula is C23H24N4O3. The minimum Gasteiger partial charge on any atom is -0.338 e. The largest absolute Gasteiger partial charge is 0.338 e. The number of aromatic nitrogens is 2. The summed E-state index contributed by atoms with van der Waals surface area (Å²) in [6.45, 7) is 3.86. The van der Waals surface area contributed by atoms with Gasteiger partial charge in [-0.3, -0.25) is 14.4 Å². The number of nitrogens with one attached hydrogen (secondary N) is 1. The van der Waals surface area contributed by atoms with Gasteiger partial charge in [0.2, 0.25) is 5.91 Å². The molecule has 7 nitrogen and oxygen atoms in total. The van der Waals surface area contributed by atoms with E-state index in [0.717, 1.165) is 18.5 Å². The first-order valence-electron chi connectivity index (χ1n) is 10.2. The molecule has 1 fully saturated rings. The maximum absolute atomic E-state index is 13.1. The predicted molar refractivity (Wildman–Crippen MR) is 114 cm³/mol. The standard InChI is InChI=1S/C23H24N4O3/c1-2-26(15-20-24-19-10-4-3-9-18(19)22(29)25-20)23(30)17-8-5-7-16(13-17)14-27-12-6-11-21(27)28/h3-5,7-10,13H,2,6,11-12,14-15H2,1H3,(H,24,25,29). The summed E-state index contributed by atoms with van der Waals surface area (Å²) >= 11 is 0. The highest BCUT2D eigenvalue weighted by Crippen LogP contribution is 2.17. The highest BCUT2D eigenvalue weighted by atomic mass is 16.2. The van der Waals surface area contributed by atoms with Crippen molar-refractivity contribution in [3.63, 3.8) is 0 Å². The summed E-state index contributed by atoms with van der Waals surface area (Å²) in [4.78, 5) is 48.1. The average Bonchev–Trinajstić information content (AvgIpc) is 3.16. The van der Waals surface area contributed by atoms with Crippen molar-refractivity contribution in [3.05, 3.63) is 75.8 Å².